The summed E-state index contributed by atoms with van der Waals surface area (Å²) in [4.78, 5) is 21.2. The number of ketones is 1. The van der Waals surface area contributed by atoms with Crippen molar-refractivity contribution < 1.29 is 4.79 Å². The van der Waals surface area contributed by atoms with Crippen LogP contribution in [0.2, 0.25) is 5.02 Å². The summed E-state index contributed by atoms with van der Waals surface area (Å²) >= 11 is 5.99. The van der Waals surface area contributed by atoms with E-state index in [4.69, 9.17) is 11.6 Å². The van der Waals surface area contributed by atoms with Crippen LogP contribution < -0.4 is 0 Å². The number of aryl methyl sites for hydroxylation is 1. The lowest BCUT2D eigenvalue weighted by atomic mass is 9.76. The van der Waals surface area contributed by atoms with Crippen LogP contribution in [0.15, 0.2) is 24.4 Å². The molecule has 1 heterocycles. The summed E-state index contributed by atoms with van der Waals surface area (Å²) in [6.45, 7) is 6.19. The van der Waals surface area contributed by atoms with Crippen molar-refractivity contribution >= 4 is 17.4 Å². The van der Waals surface area contributed by atoms with Gasteiger partial charge in [-0.2, -0.15) is 0 Å². The summed E-state index contributed by atoms with van der Waals surface area (Å²) < 4.78 is 0. The Morgan fingerprint density at radius 2 is 1.95 bits per heavy atom. The van der Waals surface area contributed by atoms with Crippen molar-refractivity contribution in [2.45, 2.75) is 33.6 Å². The van der Waals surface area contributed by atoms with Gasteiger partial charge in [-0.1, -0.05) is 25.4 Å². The van der Waals surface area contributed by atoms with Crippen molar-refractivity contribution in [3.05, 3.63) is 46.2 Å². The molecule has 0 fully saturated rings. The molecule has 3 rings (SSSR count). The van der Waals surface area contributed by atoms with Gasteiger partial charge in [-0.25, -0.2) is 9.97 Å². The normalized spacial score (nSPS) is 16.7. The second-order valence-electron chi connectivity index (χ2n) is 6.45. The Kier molecular flexibility index (Phi) is 3.33. The third-order valence-corrected chi connectivity index (χ3v) is 4.12. The molecule has 0 amide bonds. The molecule has 21 heavy (non-hydrogen) atoms. The van der Waals surface area contributed by atoms with E-state index in [-0.39, 0.29) is 11.2 Å². The van der Waals surface area contributed by atoms with Gasteiger partial charge >= 0.3 is 0 Å². The molecule has 0 radical (unpaired) electrons. The number of nitrogens with zero attached hydrogens (tertiary/aromatic N) is 2. The van der Waals surface area contributed by atoms with Crippen LogP contribution in [0.5, 0.6) is 0 Å². The minimum atomic E-state index is -0.0370. The van der Waals surface area contributed by atoms with Crippen LogP contribution >= 0.6 is 11.6 Å². The molecule has 0 atom stereocenters. The number of halogens is 1. The van der Waals surface area contributed by atoms with Gasteiger partial charge in [0.2, 0.25) is 0 Å². The summed E-state index contributed by atoms with van der Waals surface area (Å²) in [6, 6.07) is 5.66. The van der Waals surface area contributed by atoms with Crippen LogP contribution in [0.25, 0.3) is 11.4 Å². The molecule has 0 unspecified atom stereocenters. The maximum atomic E-state index is 12.2. The molecule has 0 spiro atoms. The lowest BCUT2D eigenvalue weighted by Gasteiger charge is -2.29. The van der Waals surface area contributed by atoms with Crippen LogP contribution in [0, 0.1) is 12.3 Å². The quantitative estimate of drug-likeness (QED) is 0.790. The van der Waals surface area contributed by atoms with Crippen molar-refractivity contribution in [3.63, 3.8) is 0 Å². The number of fused-ring (bicyclic) bond motifs is 1. The van der Waals surface area contributed by atoms with Crippen LogP contribution in [-0.4, -0.2) is 15.8 Å². The summed E-state index contributed by atoms with van der Waals surface area (Å²) in [5.41, 5.74) is 3.48. The first-order chi connectivity index (χ1) is 9.85. The first kappa shape index (κ1) is 14.2. The first-order valence-corrected chi connectivity index (χ1v) is 7.39. The fraction of sp³-hybridized carbons (Fsp3) is 0.353. The van der Waals surface area contributed by atoms with Gasteiger partial charge in [-0.05, 0) is 42.5 Å². The molecule has 0 saturated heterocycles. The largest absolute Gasteiger partial charge is 0.294 e. The molecule has 0 bridgehead atoms. The molecule has 1 aliphatic carbocycles. The summed E-state index contributed by atoms with van der Waals surface area (Å²) in [5, 5.41) is 0.700. The zero-order valence-corrected chi connectivity index (χ0v) is 13.2. The molecule has 0 N–H and O–H groups in total. The van der Waals surface area contributed by atoms with Gasteiger partial charge in [-0.15, -0.1) is 0 Å². The molecular weight excluding hydrogens is 284 g/mol. The molecule has 108 valence electrons. The molecule has 0 saturated carbocycles. The number of benzene rings is 1. The van der Waals surface area contributed by atoms with Crippen molar-refractivity contribution in [2.75, 3.05) is 0 Å². The van der Waals surface area contributed by atoms with E-state index in [1.54, 1.807) is 6.20 Å². The minimum Gasteiger partial charge on any atom is -0.294 e. The Morgan fingerprint density at radius 1 is 1.19 bits per heavy atom. The molecule has 3 nitrogen and oxygen atoms in total. The van der Waals surface area contributed by atoms with Gasteiger partial charge in [0.1, 0.15) is 0 Å². The monoisotopic (exact) mass is 300 g/mol. The van der Waals surface area contributed by atoms with Crippen molar-refractivity contribution in [2.24, 2.45) is 5.41 Å². The zero-order valence-electron chi connectivity index (χ0n) is 12.4. The third kappa shape index (κ3) is 2.70. The zero-order chi connectivity index (χ0) is 15.2. The van der Waals surface area contributed by atoms with Crippen molar-refractivity contribution in [1.29, 1.82) is 0 Å². The second kappa shape index (κ2) is 4.92. The van der Waals surface area contributed by atoms with E-state index in [9.17, 15) is 4.79 Å². The SMILES string of the molecule is Cc1cc(Cl)ccc1-c1ncc2c(n1)CC(C)(C)CC2=O. The number of Topliss-reactive ketones (excluding diaryl/α,β-unsaturated/α-hetero) is 1. The predicted octanol–water partition coefficient (Wildman–Crippen LogP) is 4.26. The van der Waals surface area contributed by atoms with E-state index >= 15 is 0 Å². The van der Waals surface area contributed by atoms with Gasteiger partial charge in [0.15, 0.2) is 11.6 Å². The Bertz CT molecular complexity index is 738. The minimum absolute atomic E-state index is 0.0370. The average Bonchev–Trinajstić information content (AvgIpc) is 2.36. The van der Waals surface area contributed by atoms with Crippen LogP contribution in [0.4, 0.5) is 0 Å². The van der Waals surface area contributed by atoms with E-state index in [0.29, 0.717) is 22.8 Å². The van der Waals surface area contributed by atoms with E-state index in [2.05, 4.69) is 23.8 Å². The Labute approximate surface area is 129 Å². The van der Waals surface area contributed by atoms with Crippen LogP contribution in [0.1, 0.15) is 41.9 Å². The highest BCUT2D eigenvalue weighted by Crippen LogP contribution is 2.34. The lowest BCUT2D eigenvalue weighted by Crippen LogP contribution is -2.28. The van der Waals surface area contributed by atoms with Crippen molar-refractivity contribution in [3.8, 4) is 11.4 Å². The molecule has 0 aliphatic heterocycles. The fourth-order valence-electron chi connectivity index (χ4n) is 2.84. The number of carbonyl (C=O) groups excluding carboxylic acids is 1. The predicted molar refractivity (Wildman–Crippen MR) is 83.6 cm³/mol. The molecule has 1 aromatic heterocycles. The number of rotatable bonds is 1. The topological polar surface area (TPSA) is 42.9 Å². The summed E-state index contributed by atoms with van der Waals surface area (Å²) in [6.07, 6.45) is 3.03. The highest BCUT2D eigenvalue weighted by Gasteiger charge is 2.32. The molecule has 4 heteroatoms. The van der Waals surface area contributed by atoms with Crippen molar-refractivity contribution in [1.82, 2.24) is 9.97 Å². The lowest BCUT2D eigenvalue weighted by molar-refractivity contribution is 0.0910. The molecule has 1 aromatic carbocycles. The van der Waals surface area contributed by atoms with Gasteiger partial charge in [0.05, 0.1) is 11.3 Å². The first-order valence-electron chi connectivity index (χ1n) is 7.01. The van der Waals surface area contributed by atoms with E-state index < -0.39 is 0 Å². The molecule has 1 aliphatic rings. The Hall–Kier alpha value is -1.74. The highest BCUT2D eigenvalue weighted by molar-refractivity contribution is 6.30. The van der Waals surface area contributed by atoms with E-state index in [0.717, 1.165) is 23.2 Å². The van der Waals surface area contributed by atoms with E-state index in [1.807, 2.05) is 25.1 Å². The Morgan fingerprint density at radius 3 is 2.67 bits per heavy atom. The van der Waals surface area contributed by atoms with Crippen LogP contribution in [-0.2, 0) is 6.42 Å². The molecular formula is C17H17ClN2O. The van der Waals surface area contributed by atoms with E-state index in [1.165, 1.54) is 0 Å². The standard InChI is InChI=1S/C17H17ClN2O/c1-10-6-11(18)4-5-12(10)16-19-9-13-14(20-16)7-17(2,3)8-15(13)21/h4-6,9H,7-8H2,1-3H3. The van der Waals surface area contributed by atoms with Gasteiger partial charge in [0, 0.05) is 23.2 Å². The van der Waals surface area contributed by atoms with Gasteiger partial charge in [-0.3, -0.25) is 4.79 Å². The number of aromatic nitrogens is 2. The molecule has 2 aromatic rings. The summed E-state index contributed by atoms with van der Waals surface area (Å²) in [5.74, 6) is 0.800. The maximum absolute atomic E-state index is 12.2. The Balaban J connectivity index is 2.09. The number of carbonyl (C=O) groups is 1. The number of hydrogen-bond donors (Lipinski definition) is 0. The highest BCUT2D eigenvalue weighted by atomic mass is 35.5. The second-order valence-corrected chi connectivity index (χ2v) is 6.89. The summed E-state index contributed by atoms with van der Waals surface area (Å²) in [7, 11) is 0. The number of hydrogen-bond acceptors (Lipinski definition) is 3. The smallest absolute Gasteiger partial charge is 0.166 e. The third-order valence-electron chi connectivity index (χ3n) is 3.88. The van der Waals surface area contributed by atoms with Crippen LogP contribution in [0.3, 0.4) is 0 Å². The van der Waals surface area contributed by atoms with Gasteiger partial charge < -0.3 is 0 Å². The van der Waals surface area contributed by atoms with Gasteiger partial charge in [0.25, 0.3) is 0 Å². The average molecular weight is 301 g/mol. The fourth-order valence-corrected chi connectivity index (χ4v) is 3.06. The maximum Gasteiger partial charge on any atom is 0.166 e.